The Bertz CT molecular complexity index is 399. The summed E-state index contributed by atoms with van der Waals surface area (Å²) in [4.78, 5) is 17.3. The number of hydrogen-bond acceptors (Lipinski definition) is 5. The summed E-state index contributed by atoms with van der Waals surface area (Å²) in [5.41, 5.74) is 5.72. The van der Waals surface area contributed by atoms with E-state index in [1.807, 2.05) is 6.92 Å². The number of esters is 1. The minimum absolute atomic E-state index is 0.199. The number of likely N-dealkylation sites (tertiary alicyclic amines) is 1. The van der Waals surface area contributed by atoms with E-state index in [-0.39, 0.29) is 5.97 Å². The molecule has 1 aliphatic carbocycles. The van der Waals surface area contributed by atoms with Gasteiger partial charge in [0.15, 0.2) is 0 Å². The van der Waals surface area contributed by atoms with Crippen molar-refractivity contribution in [2.24, 2.45) is 11.7 Å². The number of hydrogen-bond donors (Lipinski definition) is 1. The van der Waals surface area contributed by atoms with Gasteiger partial charge >= 0.3 is 5.97 Å². The Morgan fingerprint density at radius 3 is 2.62 bits per heavy atom. The van der Waals surface area contributed by atoms with Crippen LogP contribution in [0.1, 0.15) is 39.0 Å². The van der Waals surface area contributed by atoms with E-state index in [0.29, 0.717) is 25.1 Å². The molecule has 0 aromatic carbocycles. The molecule has 5 nitrogen and oxygen atoms in total. The van der Waals surface area contributed by atoms with Gasteiger partial charge in [0.1, 0.15) is 5.54 Å². The lowest BCUT2D eigenvalue weighted by Gasteiger charge is -2.34. The second-order valence-electron chi connectivity index (χ2n) is 7.11. The normalized spacial score (nSPS) is 33.5. The molecule has 2 heterocycles. The molecule has 2 N–H and O–H groups in total. The summed E-state index contributed by atoms with van der Waals surface area (Å²) in [6.07, 6.45) is 5.92. The smallest absolute Gasteiger partial charge is 0.327 e. The Balaban J connectivity index is 1.67. The van der Waals surface area contributed by atoms with Crippen molar-refractivity contribution in [2.45, 2.75) is 56.7 Å². The fourth-order valence-electron chi connectivity index (χ4n) is 4.12. The van der Waals surface area contributed by atoms with Gasteiger partial charge < -0.3 is 10.5 Å². The topological polar surface area (TPSA) is 58.8 Å². The lowest BCUT2D eigenvalue weighted by molar-refractivity contribution is -0.151. The highest BCUT2D eigenvalue weighted by atomic mass is 16.5. The van der Waals surface area contributed by atoms with Gasteiger partial charge in [0.2, 0.25) is 0 Å². The number of nitrogens with two attached hydrogens (primary N) is 1. The van der Waals surface area contributed by atoms with Crippen LogP contribution < -0.4 is 5.73 Å². The lowest BCUT2D eigenvalue weighted by atomic mass is 9.93. The third kappa shape index (κ3) is 2.96. The summed E-state index contributed by atoms with van der Waals surface area (Å²) in [6, 6.07) is 1.35. The Kier molecular flexibility index (Phi) is 4.26. The molecule has 3 unspecified atom stereocenters. The zero-order valence-corrected chi connectivity index (χ0v) is 13.4. The summed E-state index contributed by atoms with van der Waals surface area (Å²) < 4.78 is 5.26. The molecule has 0 amide bonds. The summed E-state index contributed by atoms with van der Waals surface area (Å²) >= 11 is 0. The molecule has 1 saturated carbocycles. The highest BCUT2D eigenvalue weighted by Crippen LogP contribution is 2.40. The molecular weight excluding hydrogens is 266 g/mol. The quantitative estimate of drug-likeness (QED) is 0.761. The van der Waals surface area contributed by atoms with Crippen LogP contribution in [0.2, 0.25) is 0 Å². The summed E-state index contributed by atoms with van der Waals surface area (Å²) in [5.74, 6) is 0.116. The molecule has 2 bridgehead atoms. The van der Waals surface area contributed by atoms with Gasteiger partial charge in [-0.15, -0.1) is 0 Å². The van der Waals surface area contributed by atoms with Gasteiger partial charge in [0, 0.05) is 25.2 Å². The van der Waals surface area contributed by atoms with Gasteiger partial charge in [-0.1, -0.05) is 0 Å². The Morgan fingerprint density at radius 1 is 1.24 bits per heavy atom. The van der Waals surface area contributed by atoms with E-state index >= 15 is 0 Å². The second kappa shape index (κ2) is 5.86. The van der Waals surface area contributed by atoms with Crippen LogP contribution in [0, 0.1) is 5.92 Å². The van der Waals surface area contributed by atoms with Gasteiger partial charge in [0.25, 0.3) is 0 Å². The average Bonchev–Trinajstić information content (AvgIpc) is 3.23. The lowest BCUT2D eigenvalue weighted by Crippen LogP contribution is -2.59. The SMILES string of the molecule is CCOC(=O)C(N)(CN1CCC2CCC(C1)N2C)C1CC1. The maximum atomic E-state index is 12.3. The number of ether oxygens (including phenoxy) is 1. The van der Waals surface area contributed by atoms with Crippen LogP contribution in [0.4, 0.5) is 0 Å². The zero-order chi connectivity index (χ0) is 15.0. The van der Waals surface area contributed by atoms with E-state index < -0.39 is 5.54 Å². The first kappa shape index (κ1) is 15.3. The first-order valence-corrected chi connectivity index (χ1v) is 8.45. The number of fused-ring (bicyclic) bond motifs is 2. The van der Waals surface area contributed by atoms with Gasteiger partial charge in [-0.25, -0.2) is 4.79 Å². The van der Waals surface area contributed by atoms with Crippen molar-refractivity contribution in [1.82, 2.24) is 9.80 Å². The fourth-order valence-corrected chi connectivity index (χ4v) is 4.12. The Hall–Kier alpha value is -0.650. The van der Waals surface area contributed by atoms with Crippen LogP contribution in [-0.2, 0) is 9.53 Å². The van der Waals surface area contributed by atoms with Crippen molar-refractivity contribution >= 4 is 5.97 Å². The Labute approximate surface area is 127 Å². The van der Waals surface area contributed by atoms with Crippen molar-refractivity contribution in [2.75, 3.05) is 33.3 Å². The number of carbonyl (C=O) groups is 1. The van der Waals surface area contributed by atoms with Crippen LogP contribution in [0.15, 0.2) is 0 Å². The second-order valence-corrected chi connectivity index (χ2v) is 7.11. The van der Waals surface area contributed by atoms with E-state index in [2.05, 4.69) is 16.8 Å². The van der Waals surface area contributed by atoms with Gasteiger partial charge in [-0.2, -0.15) is 0 Å². The van der Waals surface area contributed by atoms with Crippen LogP contribution in [0.5, 0.6) is 0 Å². The molecule has 21 heavy (non-hydrogen) atoms. The molecule has 0 aromatic rings. The predicted molar refractivity (Wildman–Crippen MR) is 81.9 cm³/mol. The number of nitrogens with zero attached hydrogens (tertiary/aromatic N) is 2. The molecule has 2 aliphatic heterocycles. The van der Waals surface area contributed by atoms with E-state index in [0.717, 1.165) is 32.0 Å². The third-order valence-electron chi connectivity index (χ3n) is 5.68. The monoisotopic (exact) mass is 295 g/mol. The summed E-state index contributed by atoms with van der Waals surface area (Å²) in [7, 11) is 2.24. The molecule has 0 radical (unpaired) electrons. The standard InChI is InChI=1S/C16H29N3O2/c1-3-21-15(20)16(17,12-4-5-12)11-19-9-8-13-6-7-14(10-19)18(13)2/h12-14H,3-11,17H2,1-2H3. The molecule has 3 atom stereocenters. The van der Waals surface area contributed by atoms with Crippen LogP contribution in [0.3, 0.4) is 0 Å². The molecule has 3 fully saturated rings. The highest BCUT2D eigenvalue weighted by molar-refractivity contribution is 5.82. The van der Waals surface area contributed by atoms with Crippen LogP contribution in [0.25, 0.3) is 0 Å². The predicted octanol–water partition coefficient (Wildman–Crippen LogP) is 0.826. The number of carbonyl (C=O) groups excluding carboxylic acids is 1. The van der Waals surface area contributed by atoms with Crippen molar-refractivity contribution in [3.8, 4) is 0 Å². The van der Waals surface area contributed by atoms with Gasteiger partial charge in [0.05, 0.1) is 6.61 Å². The third-order valence-corrected chi connectivity index (χ3v) is 5.68. The molecule has 0 aromatic heterocycles. The largest absolute Gasteiger partial charge is 0.465 e. The minimum Gasteiger partial charge on any atom is -0.465 e. The van der Waals surface area contributed by atoms with E-state index in [1.54, 1.807) is 0 Å². The number of rotatable bonds is 5. The summed E-state index contributed by atoms with van der Waals surface area (Å²) in [5, 5.41) is 0. The van der Waals surface area contributed by atoms with Gasteiger partial charge in [-0.3, -0.25) is 9.80 Å². The molecule has 2 saturated heterocycles. The molecule has 3 aliphatic rings. The van der Waals surface area contributed by atoms with Crippen LogP contribution >= 0.6 is 0 Å². The molecular formula is C16H29N3O2. The zero-order valence-electron chi connectivity index (χ0n) is 13.4. The van der Waals surface area contributed by atoms with E-state index in [9.17, 15) is 4.79 Å². The fraction of sp³-hybridized carbons (Fsp3) is 0.938. The molecule has 5 heteroatoms. The first-order valence-electron chi connectivity index (χ1n) is 8.45. The van der Waals surface area contributed by atoms with E-state index in [4.69, 9.17) is 10.5 Å². The van der Waals surface area contributed by atoms with Gasteiger partial charge in [-0.05, 0) is 58.5 Å². The Morgan fingerprint density at radius 2 is 1.95 bits per heavy atom. The van der Waals surface area contributed by atoms with Crippen molar-refractivity contribution in [1.29, 1.82) is 0 Å². The van der Waals surface area contributed by atoms with Crippen molar-refractivity contribution in [3.63, 3.8) is 0 Å². The van der Waals surface area contributed by atoms with E-state index in [1.165, 1.54) is 19.3 Å². The molecule has 0 spiro atoms. The average molecular weight is 295 g/mol. The highest BCUT2D eigenvalue weighted by Gasteiger charge is 2.50. The maximum Gasteiger partial charge on any atom is 0.327 e. The van der Waals surface area contributed by atoms with Crippen molar-refractivity contribution in [3.05, 3.63) is 0 Å². The number of likely N-dealkylation sites (N-methyl/N-ethyl adjacent to an activating group) is 1. The summed E-state index contributed by atoms with van der Waals surface area (Å²) in [6.45, 7) is 5.02. The molecule has 3 rings (SSSR count). The van der Waals surface area contributed by atoms with Crippen LogP contribution in [-0.4, -0.2) is 66.7 Å². The molecule has 120 valence electrons. The first-order chi connectivity index (χ1) is 10.0. The maximum absolute atomic E-state index is 12.3. The van der Waals surface area contributed by atoms with Crippen molar-refractivity contribution < 1.29 is 9.53 Å². The minimum atomic E-state index is -0.793.